The summed E-state index contributed by atoms with van der Waals surface area (Å²) in [6, 6.07) is 0. The Kier molecular flexibility index (Phi) is 12.5. The Balaban J connectivity index is 2.76. The van der Waals surface area contributed by atoms with Gasteiger partial charge in [-0.15, -0.1) is 0 Å². The Hall–Kier alpha value is 0.270. The summed E-state index contributed by atoms with van der Waals surface area (Å²) in [6.45, 7) is 4.01. The van der Waals surface area contributed by atoms with E-state index in [0.29, 0.717) is 6.61 Å². The van der Waals surface area contributed by atoms with Gasteiger partial charge in [-0.2, -0.15) is 11.8 Å². The third kappa shape index (κ3) is 12.3. The van der Waals surface area contributed by atoms with Crippen molar-refractivity contribution in [3.8, 4) is 0 Å². The average molecular weight is 206 g/mol. The largest absolute Gasteiger partial charge is 0.396 e. The molecule has 0 bridgehead atoms. The van der Waals surface area contributed by atoms with Gasteiger partial charge < -0.3 is 9.84 Å². The van der Waals surface area contributed by atoms with E-state index in [1.54, 1.807) is 0 Å². The van der Waals surface area contributed by atoms with Crippen LogP contribution in [0.1, 0.15) is 32.6 Å². The minimum Gasteiger partial charge on any atom is -0.396 e. The molecule has 0 saturated heterocycles. The van der Waals surface area contributed by atoms with Crippen molar-refractivity contribution in [2.75, 3.05) is 31.3 Å². The molecular weight excluding hydrogens is 184 g/mol. The van der Waals surface area contributed by atoms with Gasteiger partial charge in [-0.3, -0.25) is 0 Å². The molecule has 0 radical (unpaired) electrons. The van der Waals surface area contributed by atoms with Crippen LogP contribution in [0.5, 0.6) is 0 Å². The van der Waals surface area contributed by atoms with Crippen LogP contribution in [0.3, 0.4) is 0 Å². The molecule has 0 atom stereocenters. The number of thioether (sulfide) groups is 1. The highest BCUT2D eigenvalue weighted by Crippen LogP contribution is 2.05. The topological polar surface area (TPSA) is 29.5 Å². The van der Waals surface area contributed by atoms with Crippen LogP contribution in [0.2, 0.25) is 0 Å². The zero-order chi connectivity index (χ0) is 9.78. The molecule has 0 fully saturated rings. The second kappa shape index (κ2) is 12.3. The summed E-state index contributed by atoms with van der Waals surface area (Å²) >= 11 is 2.01. The highest BCUT2D eigenvalue weighted by molar-refractivity contribution is 7.99. The first kappa shape index (κ1) is 13.3. The van der Waals surface area contributed by atoms with Crippen LogP contribution in [-0.2, 0) is 4.74 Å². The molecule has 0 aromatic rings. The van der Waals surface area contributed by atoms with Gasteiger partial charge >= 0.3 is 0 Å². The van der Waals surface area contributed by atoms with Gasteiger partial charge in [0.05, 0.1) is 0 Å². The smallest absolute Gasteiger partial charge is 0.0487 e. The molecule has 2 nitrogen and oxygen atoms in total. The molecule has 13 heavy (non-hydrogen) atoms. The van der Waals surface area contributed by atoms with Gasteiger partial charge in [0.25, 0.3) is 0 Å². The first-order valence-corrected chi connectivity index (χ1v) is 6.33. The monoisotopic (exact) mass is 206 g/mol. The predicted molar refractivity (Wildman–Crippen MR) is 59.4 cm³/mol. The standard InChI is InChI=1S/C10H22O2S/c1-2-3-9-13-10-5-8-12-7-4-6-11/h11H,2-10H2,1H3. The Morgan fingerprint density at radius 1 is 1.08 bits per heavy atom. The van der Waals surface area contributed by atoms with E-state index in [-0.39, 0.29) is 6.61 Å². The molecule has 0 amide bonds. The minimum atomic E-state index is 0.241. The van der Waals surface area contributed by atoms with Crippen molar-refractivity contribution in [3.05, 3.63) is 0 Å². The van der Waals surface area contributed by atoms with E-state index < -0.39 is 0 Å². The molecule has 0 aliphatic heterocycles. The van der Waals surface area contributed by atoms with E-state index in [9.17, 15) is 0 Å². The van der Waals surface area contributed by atoms with Crippen LogP contribution >= 0.6 is 11.8 Å². The lowest BCUT2D eigenvalue weighted by molar-refractivity contribution is 0.117. The van der Waals surface area contributed by atoms with Crippen LogP contribution in [0.4, 0.5) is 0 Å². The van der Waals surface area contributed by atoms with Crippen LogP contribution in [-0.4, -0.2) is 36.4 Å². The van der Waals surface area contributed by atoms with E-state index >= 15 is 0 Å². The molecule has 1 N–H and O–H groups in total. The Bertz CT molecular complexity index is 79.0. The minimum absolute atomic E-state index is 0.241. The van der Waals surface area contributed by atoms with Crippen LogP contribution < -0.4 is 0 Å². The van der Waals surface area contributed by atoms with Gasteiger partial charge in [-0.1, -0.05) is 13.3 Å². The summed E-state index contributed by atoms with van der Waals surface area (Å²) in [6.07, 6.45) is 4.53. The third-order valence-corrected chi connectivity index (χ3v) is 2.82. The first-order valence-electron chi connectivity index (χ1n) is 5.18. The Morgan fingerprint density at radius 2 is 1.77 bits per heavy atom. The quantitative estimate of drug-likeness (QED) is 0.556. The maximum Gasteiger partial charge on any atom is 0.0487 e. The van der Waals surface area contributed by atoms with Crippen LogP contribution in [0.25, 0.3) is 0 Å². The van der Waals surface area contributed by atoms with Gasteiger partial charge in [-0.25, -0.2) is 0 Å². The lowest BCUT2D eigenvalue weighted by Crippen LogP contribution is -2.00. The van der Waals surface area contributed by atoms with E-state index in [4.69, 9.17) is 9.84 Å². The molecule has 0 aromatic heterocycles. The molecule has 0 heterocycles. The summed E-state index contributed by atoms with van der Waals surface area (Å²) < 4.78 is 5.31. The highest BCUT2D eigenvalue weighted by atomic mass is 32.2. The van der Waals surface area contributed by atoms with E-state index in [1.807, 2.05) is 11.8 Å². The van der Waals surface area contributed by atoms with Crippen molar-refractivity contribution >= 4 is 11.8 Å². The van der Waals surface area contributed by atoms with Crippen LogP contribution in [0, 0.1) is 0 Å². The fourth-order valence-electron chi connectivity index (χ4n) is 0.880. The van der Waals surface area contributed by atoms with Crippen molar-refractivity contribution < 1.29 is 9.84 Å². The summed E-state index contributed by atoms with van der Waals surface area (Å²) in [4.78, 5) is 0. The number of aliphatic hydroxyl groups excluding tert-OH is 1. The predicted octanol–water partition coefficient (Wildman–Crippen LogP) is 2.31. The molecule has 3 heteroatoms. The van der Waals surface area contributed by atoms with Crippen molar-refractivity contribution in [1.82, 2.24) is 0 Å². The molecule has 0 aliphatic carbocycles. The third-order valence-electron chi connectivity index (χ3n) is 1.67. The van der Waals surface area contributed by atoms with Gasteiger partial charge in [0.1, 0.15) is 0 Å². The number of aliphatic hydroxyl groups is 1. The van der Waals surface area contributed by atoms with Crippen molar-refractivity contribution in [2.24, 2.45) is 0 Å². The molecular formula is C10H22O2S. The van der Waals surface area contributed by atoms with Gasteiger partial charge in [0, 0.05) is 19.8 Å². The molecule has 0 unspecified atom stereocenters. The molecule has 0 saturated carbocycles. The van der Waals surface area contributed by atoms with E-state index in [1.165, 1.54) is 24.3 Å². The van der Waals surface area contributed by atoms with Crippen molar-refractivity contribution in [1.29, 1.82) is 0 Å². The normalized spacial score (nSPS) is 10.6. The highest BCUT2D eigenvalue weighted by Gasteiger charge is 1.90. The maximum atomic E-state index is 8.48. The van der Waals surface area contributed by atoms with Crippen LogP contribution in [0.15, 0.2) is 0 Å². The summed E-state index contributed by atoms with van der Waals surface area (Å²) in [5.41, 5.74) is 0. The van der Waals surface area contributed by atoms with Gasteiger partial charge in [0.15, 0.2) is 0 Å². The number of unbranched alkanes of at least 4 members (excludes halogenated alkanes) is 1. The second-order valence-electron chi connectivity index (χ2n) is 3.01. The fraction of sp³-hybridized carbons (Fsp3) is 1.00. The van der Waals surface area contributed by atoms with Crippen molar-refractivity contribution in [2.45, 2.75) is 32.6 Å². The lowest BCUT2D eigenvalue weighted by Gasteiger charge is -2.02. The number of ether oxygens (including phenoxy) is 1. The lowest BCUT2D eigenvalue weighted by atomic mass is 10.4. The van der Waals surface area contributed by atoms with Gasteiger partial charge in [-0.05, 0) is 30.8 Å². The van der Waals surface area contributed by atoms with Gasteiger partial charge in [0.2, 0.25) is 0 Å². The first-order chi connectivity index (χ1) is 6.41. The maximum absolute atomic E-state index is 8.48. The fourth-order valence-corrected chi connectivity index (χ4v) is 1.90. The SMILES string of the molecule is CCCCSCCCOCCCO. The zero-order valence-corrected chi connectivity index (χ0v) is 9.44. The average Bonchev–Trinajstić information content (AvgIpc) is 2.16. The number of hydrogen-bond donors (Lipinski definition) is 1. The molecule has 0 aliphatic rings. The molecule has 0 rings (SSSR count). The number of hydrogen-bond acceptors (Lipinski definition) is 3. The van der Waals surface area contributed by atoms with Crippen molar-refractivity contribution in [3.63, 3.8) is 0 Å². The summed E-state index contributed by atoms with van der Waals surface area (Å²) in [5, 5.41) is 8.48. The second-order valence-corrected chi connectivity index (χ2v) is 4.23. The zero-order valence-electron chi connectivity index (χ0n) is 8.63. The van der Waals surface area contributed by atoms with E-state index in [2.05, 4.69) is 6.92 Å². The summed E-state index contributed by atoms with van der Waals surface area (Å²) in [7, 11) is 0. The molecule has 0 aromatic carbocycles. The summed E-state index contributed by atoms with van der Waals surface area (Å²) in [5.74, 6) is 2.49. The van der Waals surface area contributed by atoms with E-state index in [0.717, 1.165) is 19.4 Å². The molecule has 80 valence electrons. The number of rotatable bonds is 10. The Labute approximate surface area is 86.1 Å². The molecule has 0 spiro atoms. The Morgan fingerprint density at radius 3 is 2.46 bits per heavy atom.